The highest BCUT2D eigenvalue weighted by Crippen LogP contribution is 2.28. The predicted molar refractivity (Wildman–Crippen MR) is 103 cm³/mol. The number of nitro groups is 1. The first-order valence-corrected chi connectivity index (χ1v) is 8.51. The van der Waals surface area contributed by atoms with Gasteiger partial charge in [0.05, 0.1) is 15.5 Å². The van der Waals surface area contributed by atoms with Gasteiger partial charge in [0.15, 0.2) is 5.70 Å². The summed E-state index contributed by atoms with van der Waals surface area (Å²) in [6.45, 7) is 0. The molecule has 0 unspecified atom stereocenters. The maximum atomic E-state index is 12.1. The van der Waals surface area contributed by atoms with Gasteiger partial charge < -0.3 is 9.15 Å². The minimum atomic E-state index is -0.622. The van der Waals surface area contributed by atoms with Crippen molar-refractivity contribution < 1.29 is 18.9 Å². The summed E-state index contributed by atoms with van der Waals surface area (Å²) in [7, 11) is 0. The number of hydrogen-bond acceptors (Lipinski definition) is 6. The van der Waals surface area contributed by atoms with Crippen LogP contribution >= 0.6 is 11.6 Å². The highest BCUT2D eigenvalue weighted by atomic mass is 35.5. The van der Waals surface area contributed by atoms with Crippen LogP contribution < -0.4 is 0 Å². The van der Waals surface area contributed by atoms with Gasteiger partial charge in [0.1, 0.15) is 11.5 Å². The molecule has 1 aliphatic rings. The average molecular weight is 395 g/mol. The van der Waals surface area contributed by atoms with Crippen LogP contribution in [0, 0.1) is 10.1 Å². The molecule has 0 atom stereocenters. The molecule has 2 heterocycles. The number of non-ortho nitro benzene ring substituents is 1. The van der Waals surface area contributed by atoms with Crippen LogP contribution in [0.4, 0.5) is 5.69 Å². The van der Waals surface area contributed by atoms with Crippen LogP contribution in [0.3, 0.4) is 0 Å². The molecule has 0 fully saturated rings. The SMILES string of the molecule is O=C1OC(c2ccccc2Cl)=N/C1=C/c1ccc(-c2cccc([N+](=O)[O-])c2)o1. The zero-order valence-electron chi connectivity index (χ0n) is 14.2. The third-order valence-corrected chi connectivity index (χ3v) is 4.30. The van der Waals surface area contributed by atoms with Gasteiger partial charge in [-0.05, 0) is 24.3 Å². The van der Waals surface area contributed by atoms with Crippen molar-refractivity contribution in [3.05, 3.63) is 92.8 Å². The van der Waals surface area contributed by atoms with Gasteiger partial charge in [0.2, 0.25) is 5.90 Å². The van der Waals surface area contributed by atoms with Crippen LogP contribution in [0.1, 0.15) is 11.3 Å². The van der Waals surface area contributed by atoms with E-state index in [1.165, 1.54) is 18.2 Å². The molecule has 4 rings (SSSR count). The lowest BCUT2D eigenvalue weighted by molar-refractivity contribution is -0.384. The Labute approximate surface area is 163 Å². The number of ether oxygens (including phenoxy) is 1. The summed E-state index contributed by atoms with van der Waals surface area (Å²) in [6.07, 6.45) is 1.44. The fraction of sp³-hybridized carbons (Fsp3) is 0. The van der Waals surface area contributed by atoms with E-state index < -0.39 is 10.9 Å². The lowest BCUT2D eigenvalue weighted by Crippen LogP contribution is -2.05. The van der Waals surface area contributed by atoms with E-state index in [1.54, 1.807) is 48.5 Å². The number of nitro benzene ring substituents is 1. The summed E-state index contributed by atoms with van der Waals surface area (Å²) >= 11 is 6.11. The van der Waals surface area contributed by atoms with Crippen LogP contribution in [0.5, 0.6) is 0 Å². The van der Waals surface area contributed by atoms with E-state index in [9.17, 15) is 14.9 Å². The van der Waals surface area contributed by atoms with Crippen LogP contribution in [0.2, 0.25) is 5.02 Å². The van der Waals surface area contributed by atoms with Gasteiger partial charge in [-0.15, -0.1) is 0 Å². The monoisotopic (exact) mass is 394 g/mol. The molecular weight excluding hydrogens is 384 g/mol. The summed E-state index contributed by atoms with van der Waals surface area (Å²) in [5.74, 6) is 0.283. The number of rotatable bonds is 4. The number of cyclic esters (lactones) is 1. The molecule has 7 nitrogen and oxygen atoms in total. The minimum absolute atomic E-state index is 0.0397. The molecule has 0 bridgehead atoms. The summed E-state index contributed by atoms with van der Waals surface area (Å²) in [5, 5.41) is 11.3. The molecule has 138 valence electrons. The van der Waals surface area contributed by atoms with E-state index in [0.29, 0.717) is 27.7 Å². The van der Waals surface area contributed by atoms with Gasteiger partial charge >= 0.3 is 5.97 Å². The van der Waals surface area contributed by atoms with E-state index in [1.807, 2.05) is 0 Å². The van der Waals surface area contributed by atoms with Gasteiger partial charge in [0, 0.05) is 23.8 Å². The fourth-order valence-electron chi connectivity index (χ4n) is 2.65. The number of furan rings is 1. The molecule has 0 saturated heterocycles. The second-order valence-corrected chi connectivity index (χ2v) is 6.23. The number of benzene rings is 2. The molecular formula is C20H11ClN2O5. The Kier molecular flexibility index (Phi) is 4.50. The number of nitrogens with zero attached hydrogens (tertiary/aromatic N) is 2. The summed E-state index contributed by atoms with van der Waals surface area (Å²) in [4.78, 5) is 26.7. The normalized spacial score (nSPS) is 14.8. The molecule has 0 aliphatic carbocycles. The number of carbonyl (C=O) groups is 1. The second kappa shape index (κ2) is 7.13. The Hall–Kier alpha value is -3.71. The van der Waals surface area contributed by atoms with E-state index in [-0.39, 0.29) is 17.3 Å². The van der Waals surface area contributed by atoms with Crippen molar-refractivity contribution in [2.75, 3.05) is 0 Å². The molecule has 0 radical (unpaired) electrons. The van der Waals surface area contributed by atoms with Gasteiger partial charge in [0.25, 0.3) is 5.69 Å². The van der Waals surface area contributed by atoms with Crippen molar-refractivity contribution in [3.8, 4) is 11.3 Å². The number of carbonyl (C=O) groups excluding carboxylic acids is 1. The molecule has 0 spiro atoms. The number of halogens is 1. The van der Waals surface area contributed by atoms with Crippen LogP contribution in [0.25, 0.3) is 17.4 Å². The standard InChI is InChI=1S/C20H11ClN2O5/c21-16-7-2-1-6-15(16)19-22-17(20(24)28-19)11-14-8-9-18(27-14)12-4-3-5-13(10-12)23(25)26/h1-11H/b17-11+. The lowest BCUT2D eigenvalue weighted by atomic mass is 10.1. The van der Waals surface area contributed by atoms with Crippen molar-refractivity contribution in [1.29, 1.82) is 0 Å². The van der Waals surface area contributed by atoms with Gasteiger partial charge in [-0.3, -0.25) is 10.1 Å². The van der Waals surface area contributed by atoms with Crippen molar-refractivity contribution in [1.82, 2.24) is 0 Å². The van der Waals surface area contributed by atoms with Crippen molar-refractivity contribution in [2.24, 2.45) is 4.99 Å². The highest BCUT2D eigenvalue weighted by Gasteiger charge is 2.26. The maximum Gasteiger partial charge on any atom is 0.363 e. The van der Waals surface area contributed by atoms with Crippen LogP contribution in [-0.2, 0) is 9.53 Å². The fourth-order valence-corrected chi connectivity index (χ4v) is 2.87. The largest absolute Gasteiger partial charge is 0.457 e. The lowest BCUT2D eigenvalue weighted by Gasteiger charge is -2.00. The van der Waals surface area contributed by atoms with Crippen molar-refractivity contribution in [3.63, 3.8) is 0 Å². The molecule has 0 N–H and O–H groups in total. The molecule has 8 heteroatoms. The molecule has 28 heavy (non-hydrogen) atoms. The van der Waals surface area contributed by atoms with E-state index in [2.05, 4.69) is 4.99 Å². The third-order valence-electron chi connectivity index (χ3n) is 3.97. The molecule has 0 saturated carbocycles. The highest BCUT2D eigenvalue weighted by molar-refractivity contribution is 6.34. The molecule has 3 aromatic rings. The third kappa shape index (κ3) is 3.43. The predicted octanol–water partition coefficient (Wildman–Crippen LogP) is 4.85. The minimum Gasteiger partial charge on any atom is -0.457 e. The number of hydrogen-bond donors (Lipinski definition) is 0. The Morgan fingerprint density at radius 1 is 1.07 bits per heavy atom. The van der Waals surface area contributed by atoms with E-state index in [0.717, 1.165) is 0 Å². The first-order chi connectivity index (χ1) is 13.5. The topological polar surface area (TPSA) is 94.9 Å². The smallest absolute Gasteiger partial charge is 0.363 e. The number of esters is 1. The maximum absolute atomic E-state index is 12.1. The van der Waals surface area contributed by atoms with E-state index >= 15 is 0 Å². The Balaban J connectivity index is 1.64. The van der Waals surface area contributed by atoms with Crippen LogP contribution in [0.15, 0.2) is 75.8 Å². The first kappa shape index (κ1) is 17.7. The van der Waals surface area contributed by atoms with Crippen molar-refractivity contribution in [2.45, 2.75) is 0 Å². The first-order valence-electron chi connectivity index (χ1n) is 8.13. The molecule has 1 aliphatic heterocycles. The van der Waals surface area contributed by atoms with E-state index in [4.69, 9.17) is 20.8 Å². The quantitative estimate of drug-likeness (QED) is 0.273. The summed E-state index contributed by atoms with van der Waals surface area (Å²) < 4.78 is 10.9. The number of aliphatic imine (C=N–C) groups is 1. The Morgan fingerprint density at radius 2 is 1.89 bits per heavy atom. The Bertz CT molecular complexity index is 1160. The summed E-state index contributed by atoms with van der Waals surface area (Å²) in [5.41, 5.74) is 1.09. The van der Waals surface area contributed by atoms with Gasteiger partial charge in [-0.2, -0.15) is 0 Å². The average Bonchev–Trinajstić information content (AvgIpc) is 3.30. The molecule has 2 aromatic carbocycles. The van der Waals surface area contributed by atoms with Gasteiger partial charge in [-0.25, -0.2) is 9.79 Å². The zero-order chi connectivity index (χ0) is 19.7. The van der Waals surface area contributed by atoms with Crippen molar-refractivity contribution >= 4 is 35.2 Å². The molecule has 0 amide bonds. The van der Waals surface area contributed by atoms with Gasteiger partial charge in [-0.1, -0.05) is 35.9 Å². The second-order valence-electron chi connectivity index (χ2n) is 5.83. The molecule has 1 aromatic heterocycles. The Morgan fingerprint density at radius 3 is 2.68 bits per heavy atom. The van der Waals surface area contributed by atoms with Crippen LogP contribution in [-0.4, -0.2) is 16.8 Å². The summed E-state index contributed by atoms with van der Waals surface area (Å²) in [6, 6.07) is 16.3. The zero-order valence-corrected chi connectivity index (χ0v) is 14.9.